The second kappa shape index (κ2) is 5.81. The molecule has 0 aliphatic heterocycles. The van der Waals surface area contributed by atoms with Crippen molar-refractivity contribution in [1.29, 1.82) is 0 Å². The van der Waals surface area contributed by atoms with Crippen LogP contribution in [-0.4, -0.2) is 17.4 Å². The maximum absolute atomic E-state index is 12.3. The number of aromatic nitrogens is 1. The number of halogens is 3. The van der Waals surface area contributed by atoms with E-state index in [1.807, 2.05) is 6.92 Å². The summed E-state index contributed by atoms with van der Waals surface area (Å²) in [5.74, 6) is -0.672. The lowest BCUT2D eigenvalue weighted by molar-refractivity contribution is -0.141. The fourth-order valence-corrected chi connectivity index (χ4v) is 1.34. The highest BCUT2D eigenvalue weighted by molar-refractivity contribution is 5.92. The molecule has 4 nitrogen and oxygen atoms in total. The number of alkyl halides is 3. The third-order valence-corrected chi connectivity index (χ3v) is 2.47. The van der Waals surface area contributed by atoms with Crippen molar-refractivity contribution in [1.82, 2.24) is 4.98 Å². The Kier molecular flexibility index (Phi) is 4.66. The van der Waals surface area contributed by atoms with Crippen molar-refractivity contribution in [3.63, 3.8) is 0 Å². The summed E-state index contributed by atoms with van der Waals surface area (Å²) in [6.45, 7) is 2.00. The summed E-state index contributed by atoms with van der Waals surface area (Å²) >= 11 is 0. The van der Waals surface area contributed by atoms with Crippen molar-refractivity contribution in [2.45, 2.75) is 19.5 Å². The number of nitrogens with two attached hydrogens (primary N) is 1. The van der Waals surface area contributed by atoms with Crippen molar-refractivity contribution < 1.29 is 18.0 Å². The molecular weight excluding hydrogens is 247 g/mol. The molecule has 1 heterocycles. The minimum Gasteiger partial charge on any atom is -0.330 e. The number of rotatable bonds is 4. The van der Waals surface area contributed by atoms with Crippen LogP contribution in [0.5, 0.6) is 0 Å². The van der Waals surface area contributed by atoms with E-state index in [2.05, 4.69) is 10.3 Å². The van der Waals surface area contributed by atoms with Crippen LogP contribution in [0.3, 0.4) is 0 Å². The highest BCUT2D eigenvalue weighted by Crippen LogP contribution is 2.27. The molecule has 100 valence electrons. The molecule has 7 heteroatoms. The highest BCUT2D eigenvalue weighted by atomic mass is 19.4. The number of carbonyl (C=O) groups excluding carboxylic acids is 1. The first kappa shape index (κ1) is 14.4. The van der Waals surface area contributed by atoms with E-state index in [0.29, 0.717) is 6.42 Å². The lowest BCUT2D eigenvalue weighted by Crippen LogP contribution is -2.28. The first-order chi connectivity index (χ1) is 8.38. The first-order valence-corrected chi connectivity index (χ1v) is 5.42. The summed E-state index contributed by atoms with van der Waals surface area (Å²) in [6, 6.07) is 1.98. The first-order valence-electron chi connectivity index (χ1n) is 5.42. The summed E-state index contributed by atoms with van der Waals surface area (Å²) in [6.07, 6.45) is -2.94. The van der Waals surface area contributed by atoms with Gasteiger partial charge in [0, 0.05) is 6.54 Å². The molecule has 1 atom stereocenters. The van der Waals surface area contributed by atoms with Gasteiger partial charge in [-0.2, -0.15) is 13.2 Å². The summed E-state index contributed by atoms with van der Waals surface area (Å²) in [5, 5.41) is 2.47. The minimum absolute atomic E-state index is 0.191. The molecule has 1 amide bonds. The van der Waals surface area contributed by atoms with Crippen LogP contribution in [0.1, 0.15) is 19.0 Å². The molecule has 1 unspecified atom stereocenters. The Morgan fingerprint density at radius 2 is 2.17 bits per heavy atom. The van der Waals surface area contributed by atoms with Crippen LogP contribution >= 0.6 is 0 Å². The minimum atomic E-state index is -4.48. The van der Waals surface area contributed by atoms with Gasteiger partial charge in [-0.1, -0.05) is 6.92 Å². The van der Waals surface area contributed by atoms with Crippen molar-refractivity contribution in [3.05, 3.63) is 24.0 Å². The third kappa shape index (κ3) is 3.69. The van der Waals surface area contributed by atoms with Gasteiger partial charge in [0.25, 0.3) is 0 Å². The maximum Gasteiger partial charge on any atom is 0.433 e. The summed E-state index contributed by atoms with van der Waals surface area (Å²) in [7, 11) is 0. The largest absolute Gasteiger partial charge is 0.433 e. The van der Waals surface area contributed by atoms with Crippen molar-refractivity contribution >= 4 is 11.6 Å². The van der Waals surface area contributed by atoms with E-state index in [1.165, 1.54) is 0 Å². The zero-order valence-corrected chi connectivity index (χ0v) is 9.79. The normalized spacial score (nSPS) is 13.2. The molecule has 1 aromatic rings. The predicted molar refractivity (Wildman–Crippen MR) is 60.7 cm³/mol. The van der Waals surface area contributed by atoms with Gasteiger partial charge >= 0.3 is 6.18 Å². The average Bonchev–Trinajstić information content (AvgIpc) is 2.30. The number of pyridine rings is 1. The van der Waals surface area contributed by atoms with Gasteiger partial charge in [0.15, 0.2) is 0 Å². The molecular formula is C11H14F3N3O. The van der Waals surface area contributed by atoms with Crippen molar-refractivity contribution in [3.8, 4) is 0 Å². The van der Waals surface area contributed by atoms with Gasteiger partial charge in [-0.15, -0.1) is 0 Å². The van der Waals surface area contributed by atoms with E-state index in [9.17, 15) is 18.0 Å². The Bertz CT molecular complexity index is 399. The smallest absolute Gasteiger partial charge is 0.330 e. The van der Waals surface area contributed by atoms with Crippen LogP contribution < -0.4 is 11.1 Å². The Hall–Kier alpha value is -1.63. The second-order valence-corrected chi connectivity index (χ2v) is 3.76. The summed E-state index contributed by atoms with van der Waals surface area (Å²) in [4.78, 5) is 14.9. The van der Waals surface area contributed by atoms with Gasteiger partial charge in [-0.05, 0) is 18.6 Å². The van der Waals surface area contributed by atoms with Crippen molar-refractivity contribution in [2.75, 3.05) is 11.9 Å². The number of amides is 1. The fraction of sp³-hybridized carbons (Fsp3) is 0.455. The molecule has 0 aromatic carbocycles. The zero-order valence-electron chi connectivity index (χ0n) is 9.79. The average molecular weight is 261 g/mol. The molecule has 0 bridgehead atoms. The number of carbonyl (C=O) groups is 1. The second-order valence-electron chi connectivity index (χ2n) is 3.76. The summed E-state index contributed by atoms with van der Waals surface area (Å²) < 4.78 is 36.8. The number of nitrogens with one attached hydrogen (secondary N) is 1. The van der Waals surface area contributed by atoms with E-state index in [4.69, 9.17) is 5.73 Å². The Balaban J connectivity index is 2.72. The Morgan fingerprint density at radius 1 is 1.50 bits per heavy atom. The molecule has 3 N–H and O–H groups in total. The lowest BCUT2D eigenvalue weighted by Gasteiger charge is -2.13. The fourth-order valence-electron chi connectivity index (χ4n) is 1.34. The monoisotopic (exact) mass is 261 g/mol. The summed E-state index contributed by atoms with van der Waals surface area (Å²) in [5.41, 5.74) is 4.62. The Morgan fingerprint density at radius 3 is 2.56 bits per heavy atom. The van der Waals surface area contributed by atoms with Gasteiger partial charge in [0.05, 0.1) is 17.8 Å². The van der Waals surface area contributed by atoms with E-state index in [1.54, 1.807) is 0 Å². The number of anilines is 1. The molecule has 0 saturated heterocycles. The molecule has 0 fully saturated rings. The van der Waals surface area contributed by atoms with Gasteiger partial charge in [-0.3, -0.25) is 4.79 Å². The van der Waals surface area contributed by atoms with Crippen LogP contribution in [0.25, 0.3) is 0 Å². The molecule has 0 aliphatic carbocycles. The van der Waals surface area contributed by atoms with Crippen LogP contribution in [-0.2, 0) is 11.0 Å². The van der Waals surface area contributed by atoms with E-state index in [-0.39, 0.29) is 24.1 Å². The van der Waals surface area contributed by atoms with Gasteiger partial charge in [0.1, 0.15) is 5.69 Å². The molecule has 0 spiro atoms. The topological polar surface area (TPSA) is 68.0 Å². The number of hydrogen-bond donors (Lipinski definition) is 2. The van der Waals surface area contributed by atoms with Gasteiger partial charge in [-0.25, -0.2) is 4.98 Å². The number of hydrogen-bond acceptors (Lipinski definition) is 3. The van der Waals surface area contributed by atoms with E-state index < -0.39 is 11.9 Å². The van der Waals surface area contributed by atoms with Crippen LogP contribution in [0, 0.1) is 5.92 Å². The zero-order chi connectivity index (χ0) is 13.8. The number of nitrogens with zero attached hydrogens (tertiary/aromatic N) is 1. The quantitative estimate of drug-likeness (QED) is 0.871. The van der Waals surface area contributed by atoms with Gasteiger partial charge in [0.2, 0.25) is 5.91 Å². The third-order valence-electron chi connectivity index (χ3n) is 2.47. The van der Waals surface area contributed by atoms with E-state index >= 15 is 0 Å². The molecule has 1 rings (SSSR count). The van der Waals surface area contributed by atoms with E-state index in [0.717, 1.165) is 18.3 Å². The van der Waals surface area contributed by atoms with Crippen molar-refractivity contribution in [2.24, 2.45) is 11.7 Å². The predicted octanol–water partition coefficient (Wildman–Crippen LogP) is 2.02. The van der Waals surface area contributed by atoms with Crippen LogP contribution in [0.15, 0.2) is 18.3 Å². The SMILES string of the molecule is CCC(CN)C(=O)Nc1ccc(C(F)(F)F)nc1. The molecule has 1 aromatic heterocycles. The van der Waals surface area contributed by atoms with Crippen LogP contribution in [0.4, 0.5) is 18.9 Å². The molecule has 18 heavy (non-hydrogen) atoms. The maximum atomic E-state index is 12.3. The lowest BCUT2D eigenvalue weighted by atomic mass is 10.1. The van der Waals surface area contributed by atoms with Gasteiger partial charge < -0.3 is 11.1 Å². The Labute approximate surface area is 102 Å². The molecule has 0 radical (unpaired) electrons. The molecule has 0 saturated carbocycles. The highest BCUT2D eigenvalue weighted by Gasteiger charge is 2.32. The van der Waals surface area contributed by atoms with Crippen LogP contribution in [0.2, 0.25) is 0 Å². The standard InChI is InChI=1S/C11H14F3N3O/c1-2-7(5-15)10(18)17-8-3-4-9(16-6-8)11(12,13)14/h3-4,6-7H,2,5,15H2,1H3,(H,17,18). The molecule has 0 aliphatic rings.